The lowest BCUT2D eigenvalue weighted by molar-refractivity contribution is -0.639. The van der Waals surface area contributed by atoms with Crippen molar-refractivity contribution in [2.24, 2.45) is 0 Å². The van der Waals surface area contributed by atoms with E-state index in [2.05, 4.69) is 9.84 Å². The zero-order valence-corrected chi connectivity index (χ0v) is 11.4. The summed E-state index contributed by atoms with van der Waals surface area (Å²) in [6.07, 6.45) is 3.19. The Kier molecular flexibility index (Phi) is 4.85. The zero-order valence-electron chi connectivity index (χ0n) is 9.78. The van der Waals surface area contributed by atoms with E-state index in [1.165, 1.54) is 18.1 Å². The molecule has 1 aromatic heterocycles. The van der Waals surface area contributed by atoms with Crippen LogP contribution in [0.1, 0.15) is 15.9 Å². The molecular formula is C11H13BrN4O2. The minimum atomic E-state index is -0.338. The number of rotatable bonds is 3. The first kappa shape index (κ1) is 14.2. The summed E-state index contributed by atoms with van der Waals surface area (Å²) in [4.78, 5) is 11.2. The van der Waals surface area contributed by atoms with Gasteiger partial charge in [0.15, 0.2) is 0 Å². The third-order valence-corrected chi connectivity index (χ3v) is 2.32. The first-order valence-electron chi connectivity index (χ1n) is 5.05. The third kappa shape index (κ3) is 3.30. The summed E-state index contributed by atoms with van der Waals surface area (Å²) in [7, 11) is 1.36. The highest BCUT2D eigenvalue weighted by atomic mass is 79.9. The molecule has 0 aliphatic carbocycles. The minimum Gasteiger partial charge on any atom is -1.00 e. The molecule has 96 valence electrons. The van der Waals surface area contributed by atoms with Crippen LogP contribution in [0.15, 0.2) is 36.9 Å². The van der Waals surface area contributed by atoms with Gasteiger partial charge in [-0.05, 0) is 17.7 Å². The van der Waals surface area contributed by atoms with E-state index < -0.39 is 0 Å². The summed E-state index contributed by atoms with van der Waals surface area (Å²) in [6, 6.07) is 7.16. The normalized spacial score (nSPS) is 9.61. The van der Waals surface area contributed by atoms with Crippen LogP contribution in [0.2, 0.25) is 0 Å². The molecule has 0 saturated heterocycles. The van der Waals surface area contributed by atoms with Gasteiger partial charge in [0.25, 0.3) is 6.33 Å². The van der Waals surface area contributed by atoms with Gasteiger partial charge < -0.3 is 21.7 Å². The molecule has 2 N–H and O–H groups in total. The van der Waals surface area contributed by atoms with Crippen LogP contribution < -0.4 is 27.5 Å². The Morgan fingerprint density at radius 2 is 2.11 bits per heavy atom. The maximum Gasteiger partial charge on any atom is 0.337 e. The van der Waals surface area contributed by atoms with Crippen molar-refractivity contribution in [3.05, 3.63) is 48.0 Å². The molecule has 0 saturated carbocycles. The number of nitrogens with two attached hydrogens (primary N) is 1. The average molecular weight is 313 g/mol. The first-order valence-corrected chi connectivity index (χ1v) is 5.05. The second-order valence-corrected chi connectivity index (χ2v) is 3.58. The number of benzene rings is 1. The average Bonchev–Trinajstić information content (AvgIpc) is 2.75. The SMILES string of the molecule is COC(=O)c1ccc(Cn2c[n+](N)cn2)cc1.[Br-]. The van der Waals surface area contributed by atoms with E-state index in [0.717, 1.165) is 5.56 Å². The molecular weight excluding hydrogens is 300 g/mol. The summed E-state index contributed by atoms with van der Waals surface area (Å²) in [6.45, 7) is 0.603. The molecule has 2 aromatic rings. The van der Waals surface area contributed by atoms with E-state index in [4.69, 9.17) is 5.84 Å². The van der Waals surface area contributed by atoms with Crippen molar-refractivity contribution in [2.45, 2.75) is 6.54 Å². The van der Waals surface area contributed by atoms with Crippen molar-refractivity contribution >= 4 is 5.97 Å². The highest BCUT2D eigenvalue weighted by molar-refractivity contribution is 5.89. The van der Waals surface area contributed by atoms with Gasteiger partial charge in [0.1, 0.15) is 6.54 Å². The van der Waals surface area contributed by atoms with Crippen LogP contribution in [-0.2, 0) is 11.3 Å². The maximum absolute atomic E-state index is 11.2. The molecule has 0 aliphatic heterocycles. The van der Waals surface area contributed by atoms with Crippen molar-refractivity contribution in [1.82, 2.24) is 9.78 Å². The topological polar surface area (TPSA) is 74.0 Å². The number of nitrogen functional groups attached to an aromatic ring is 1. The molecule has 0 amide bonds. The highest BCUT2D eigenvalue weighted by Gasteiger charge is 2.07. The van der Waals surface area contributed by atoms with Crippen LogP contribution in [0.4, 0.5) is 0 Å². The molecule has 0 fully saturated rings. The molecule has 0 bridgehead atoms. The second-order valence-electron chi connectivity index (χ2n) is 3.58. The van der Waals surface area contributed by atoms with Crippen molar-refractivity contribution in [3.8, 4) is 0 Å². The van der Waals surface area contributed by atoms with Crippen LogP contribution in [0.3, 0.4) is 0 Å². The molecule has 0 aliphatic rings. The Hall–Kier alpha value is -1.89. The molecule has 7 heteroatoms. The number of hydrogen-bond donors (Lipinski definition) is 1. The van der Waals surface area contributed by atoms with Crippen molar-refractivity contribution in [2.75, 3.05) is 13.0 Å². The largest absolute Gasteiger partial charge is 1.00 e. The number of carbonyl (C=O) groups is 1. The van der Waals surface area contributed by atoms with Gasteiger partial charge in [-0.1, -0.05) is 12.1 Å². The molecule has 2 rings (SSSR count). The summed E-state index contributed by atoms with van der Waals surface area (Å²) in [5.74, 6) is 5.15. The molecule has 6 nitrogen and oxygen atoms in total. The van der Waals surface area contributed by atoms with Gasteiger partial charge in [0, 0.05) is 5.10 Å². The summed E-state index contributed by atoms with van der Waals surface area (Å²) < 4.78 is 7.70. The summed E-state index contributed by atoms with van der Waals surface area (Å²) in [5, 5.41) is 4.05. The molecule has 0 atom stereocenters. The Morgan fingerprint density at radius 3 is 2.61 bits per heavy atom. The fourth-order valence-electron chi connectivity index (χ4n) is 1.47. The monoisotopic (exact) mass is 312 g/mol. The van der Waals surface area contributed by atoms with Crippen LogP contribution in [0.25, 0.3) is 0 Å². The minimum absolute atomic E-state index is 0. The quantitative estimate of drug-likeness (QED) is 0.366. The molecule has 0 spiro atoms. The fourth-order valence-corrected chi connectivity index (χ4v) is 1.47. The van der Waals surface area contributed by atoms with Crippen molar-refractivity contribution < 1.29 is 31.2 Å². The Labute approximate surface area is 115 Å². The molecule has 0 radical (unpaired) electrons. The van der Waals surface area contributed by atoms with Gasteiger partial charge >= 0.3 is 5.97 Å². The molecule has 1 heterocycles. The Balaban J connectivity index is 0.00000162. The Bertz CT molecular complexity index is 524. The standard InChI is InChI=1S/C11H13N4O2.BrH/c1-17-11(16)10-4-2-9(3-5-10)6-15-8-14(12)7-13-15;/h2-5,7-8H,6,12H2,1H3;1H/q+1;/p-1. The maximum atomic E-state index is 11.2. The number of halogens is 1. The van der Waals surface area contributed by atoms with Gasteiger partial charge in [-0.3, -0.25) is 5.84 Å². The number of methoxy groups -OCH3 is 1. The number of carbonyl (C=O) groups excluding carboxylic acids is 1. The second kappa shape index (κ2) is 6.15. The van der Waals surface area contributed by atoms with Crippen molar-refractivity contribution in [3.63, 3.8) is 0 Å². The van der Waals surface area contributed by atoms with E-state index in [-0.39, 0.29) is 23.0 Å². The van der Waals surface area contributed by atoms with Crippen LogP contribution in [0.5, 0.6) is 0 Å². The zero-order chi connectivity index (χ0) is 12.3. The number of hydrogen-bond acceptors (Lipinski definition) is 4. The lowest BCUT2D eigenvalue weighted by Crippen LogP contribution is -3.00. The summed E-state index contributed by atoms with van der Waals surface area (Å²) in [5.41, 5.74) is 1.56. The number of nitrogens with zero attached hydrogens (tertiary/aromatic N) is 3. The van der Waals surface area contributed by atoms with E-state index in [0.29, 0.717) is 12.1 Å². The van der Waals surface area contributed by atoms with Crippen molar-refractivity contribution in [1.29, 1.82) is 0 Å². The fraction of sp³-hybridized carbons (Fsp3) is 0.182. The first-order chi connectivity index (χ1) is 8.19. The van der Waals surface area contributed by atoms with E-state index in [1.807, 2.05) is 12.1 Å². The third-order valence-electron chi connectivity index (χ3n) is 2.32. The van der Waals surface area contributed by atoms with Crippen LogP contribution in [0, 0.1) is 0 Å². The van der Waals surface area contributed by atoms with Gasteiger partial charge in [-0.25, -0.2) is 4.79 Å². The van der Waals surface area contributed by atoms with Gasteiger partial charge in [-0.15, -0.1) is 9.36 Å². The number of aromatic nitrogens is 3. The van der Waals surface area contributed by atoms with Crippen LogP contribution >= 0.6 is 0 Å². The predicted octanol–water partition coefficient (Wildman–Crippen LogP) is -3.28. The van der Waals surface area contributed by atoms with E-state index >= 15 is 0 Å². The van der Waals surface area contributed by atoms with E-state index in [9.17, 15) is 4.79 Å². The number of esters is 1. The van der Waals surface area contributed by atoms with Gasteiger partial charge in [0.05, 0.1) is 12.7 Å². The Morgan fingerprint density at radius 1 is 1.44 bits per heavy atom. The van der Waals surface area contributed by atoms with Gasteiger partial charge in [-0.2, -0.15) is 0 Å². The predicted molar refractivity (Wildman–Crippen MR) is 59.5 cm³/mol. The number of ether oxygens (including phenoxy) is 1. The lowest BCUT2D eigenvalue weighted by atomic mass is 10.1. The van der Waals surface area contributed by atoms with Gasteiger partial charge in [0.2, 0.25) is 6.33 Å². The smallest absolute Gasteiger partial charge is 0.337 e. The molecule has 1 aromatic carbocycles. The molecule has 0 unspecified atom stereocenters. The highest BCUT2D eigenvalue weighted by Crippen LogP contribution is 2.06. The lowest BCUT2D eigenvalue weighted by Gasteiger charge is -2.00. The summed E-state index contributed by atoms with van der Waals surface area (Å²) >= 11 is 0. The van der Waals surface area contributed by atoms with E-state index in [1.54, 1.807) is 23.1 Å². The molecule has 18 heavy (non-hydrogen) atoms. The van der Waals surface area contributed by atoms with Crippen LogP contribution in [-0.4, -0.2) is 22.9 Å².